The van der Waals surface area contributed by atoms with Gasteiger partial charge in [-0.15, -0.1) is 12.4 Å². The summed E-state index contributed by atoms with van der Waals surface area (Å²) in [7, 11) is 0. The average molecular weight is 313 g/mol. The number of piperidine rings is 1. The van der Waals surface area contributed by atoms with E-state index in [9.17, 15) is 4.79 Å². The van der Waals surface area contributed by atoms with Crippen LogP contribution in [0.25, 0.3) is 0 Å². The number of benzene rings is 1. The van der Waals surface area contributed by atoms with E-state index in [1.807, 2.05) is 26.0 Å². The lowest BCUT2D eigenvalue weighted by Crippen LogP contribution is -2.47. The van der Waals surface area contributed by atoms with Gasteiger partial charge in [-0.3, -0.25) is 4.79 Å². The predicted octanol–water partition coefficient (Wildman–Crippen LogP) is 2.36. The zero-order chi connectivity index (χ0) is 14.5. The summed E-state index contributed by atoms with van der Waals surface area (Å²) in [4.78, 5) is 11.9. The molecule has 2 atom stereocenters. The molecule has 1 amide bonds. The van der Waals surface area contributed by atoms with Crippen LogP contribution >= 0.6 is 12.4 Å². The third-order valence-corrected chi connectivity index (χ3v) is 3.68. The van der Waals surface area contributed by atoms with Gasteiger partial charge < -0.3 is 15.4 Å². The summed E-state index contributed by atoms with van der Waals surface area (Å²) in [6.45, 7) is 7.23. The first-order valence-corrected chi connectivity index (χ1v) is 7.27. The van der Waals surface area contributed by atoms with Crippen LogP contribution in [0.15, 0.2) is 18.2 Å². The topological polar surface area (TPSA) is 50.4 Å². The number of amides is 1. The Kier molecular flexibility index (Phi) is 6.99. The Bertz CT molecular complexity index is 479. The molecule has 0 aromatic heterocycles. The molecule has 1 saturated heterocycles. The van der Waals surface area contributed by atoms with Crippen LogP contribution in [0, 0.1) is 13.8 Å². The maximum atomic E-state index is 11.9. The Morgan fingerprint density at radius 3 is 2.86 bits per heavy atom. The minimum absolute atomic E-state index is 0. The lowest BCUT2D eigenvalue weighted by atomic mass is 10.0. The van der Waals surface area contributed by atoms with Crippen LogP contribution in [-0.4, -0.2) is 31.1 Å². The van der Waals surface area contributed by atoms with Gasteiger partial charge in [0.2, 0.25) is 0 Å². The Morgan fingerprint density at radius 2 is 2.19 bits per heavy atom. The van der Waals surface area contributed by atoms with Crippen molar-refractivity contribution in [1.82, 2.24) is 10.6 Å². The lowest BCUT2D eigenvalue weighted by molar-refractivity contribution is -0.124. The second kappa shape index (κ2) is 8.25. The highest BCUT2D eigenvalue weighted by atomic mass is 35.5. The van der Waals surface area contributed by atoms with Crippen molar-refractivity contribution in [2.45, 2.75) is 45.7 Å². The summed E-state index contributed by atoms with van der Waals surface area (Å²) in [6.07, 6.45) is 1.97. The Labute approximate surface area is 133 Å². The highest BCUT2D eigenvalue weighted by Crippen LogP contribution is 2.18. The first-order valence-electron chi connectivity index (χ1n) is 7.27. The molecule has 1 fully saturated rings. The lowest BCUT2D eigenvalue weighted by Gasteiger charge is -2.28. The summed E-state index contributed by atoms with van der Waals surface area (Å²) in [5.41, 5.74) is 2.26. The molecule has 1 aromatic carbocycles. The fourth-order valence-electron chi connectivity index (χ4n) is 2.64. The molecular weight excluding hydrogens is 288 g/mol. The molecule has 2 rings (SSSR count). The van der Waals surface area contributed by atoms with Gasteiger partial charge in [-0.05, 0) is 51.8 Å². The van der Waals surface area contributed by atoms with Crippen LogP contribution in [0.3, 0.4) is 0 Å². The number of carbonyl (C=O) groups excluding carboxylic acids is 1. The Hall–Kier alpha value is -1.26. The first kappa shape index (κ1) is 17.8. The monoisotopic (exact) mass is 312 g/mol. The second-order valence-corrected chi connectivity index (χ2v) is 5.70. The number of ether oxygens (including phenoxy) is 1. The molecule has 118 valence electrons. The molecule has 4 nitrogen and oxygen atoms in total. The molecule has 1 aliphatic heterocycles. The number of hydrogen-bond donors (Lipinski definition) is 2. The van der Waals surface area contributed by atoms with Gasteiger partial charge in [-0.1, -0.05) is 17.7 Å². The van der Waals surface area contributed by atoms with Crippen LogP contribution in [0.5, 0.6) is 5.75 Å². The number of hydrogen-bond acceptors (Lipinski definition) is 3. The van der Waals surface area contributed by atoms with Crippen molar-refractivity contribution in [3.63, 3.8) is 0 Å². The largest absolute Gasteiger partial charge is 0.484 e. The second-order valence-electron chi connectivity index (χ2n) is 5.70. The maximum absolute atomic E-state index is 11.9. The number of halogens is 1. The molecule has 0 aliphatic carbocycles. The Balaban J connectivity index is 0.00000220. The molecule has 0 radical (unpaired) electrons. The van der Waals surface area contributed by atoms with Crippen molar-refractivity contribution in [2.24, 2.45) is 0 Å². The summed E-state index contributed by atoms with van der Waals surface area (Å²) >= 11 is 0. The molecule has 2 N–H and O–H groups in total. The zero-order valence-electron chi connectivity index (χ0n) is 12.9. The van der Waals surface area contributed by atoms with Gasteiger partial charge in [-0.25, -0.2) is 0 Å². The predicted molar refractivity (Wildman–Crippen MR) is 87.3 cm³/mol. The Morgan fingerprint density at radius 1 is 1.43 bits per heavy atom. The molecule has 0 spiro atoms. The number of rotatable bonds is 4. The molecule has 21 heavy (non-hydrogen) atoms. The van der Waals surface area contributed by atoms with E-state index in [1.54, 1.807) is 0 Å². The van der Waals surface area contributed by atoms with E-state index in [0.717, 1.165) is 30.7 Å². The fraction of sp³-hybridized carbons (Fsp3) is 0.562. The van der Waals surface area contributed by atoms with Crippen LogP contribution in [0.4, 0.5) is 0 Å². The molecular formula is C16H25ClN2O2. The van der Waals surface area contributed by atoms with Crippen molar-refractivity contribution in [3.05, 3.63) is 29.3 Å². The molecule has 1 heterocycles. The number of nitrogens with one attached hydrogen (secondary N) is 2. The summed E-state index contributed by atoms with van der Waals surface area (Å²) in [6, 6.07) is 6.71. The number of aryl methyl sites for hydroxylation is 2. The fourth-order valence-corrected chi connectivity index (χ4v) is 2.64. The average Bonchev–Trinajstić information content (AvgIpc) is 2.37. The van der Waals surface area contributed by atoms with Gasteiger partial charge in [0.1, 0.15) is 5.75 Å². The van der Waals surface area contributed by atoms with E-state index >= 15 is 0 Å². The normalized spacial score (nSPS) is 21.3. The highest BCUT2D eigenvalue weighted by Gasteiger charge is 2.19. The molecule has 0 bridgehead atoms. The van der Waals surface area contributed by atoms with Gasteiger partial charge in [0.05, 0.1) is 0 Å². The van der Waals surface area contributed by atoms with Gasteiger partial charge in [0, 0.05) is 12.1 Å². The van der Waals surface area contributed by atoms with Crippen molar-refractivity contribution < 1.29 is 9.53 Å². The number of carbonyl (C=O) groups is 1. The molecule has 5 heteroatoms. The van der Waals surface area contributed by atoms with E-state index < -0.39 is 0 Å². The molecule has 1 aliphatic rings. The van der Waals surface area contributed by atoms with E-state index in [-0.39, 0.29) is 31.0 Å². The third-order valence-electron chi connectivity index (χ3n) is 3.68. The van der Waals surface area contributed by atoms with Crippen LogP contribution in [0.2, 0.25) is 0 Å². The maximum Gasteiger partial charge on any atom is 0.258 e. The zero-order valence-corrected chi connectivity index (χ0v) is 13.8. The summed E-state index contributed by atoms with van der Waals surface area (Å²) < 4.78 is 5.59. The van der Waals surface area contributed by atoms with E-state index in [4.69, 9.17) is 4.74 Å². The highest BCUT2D eigenvalue weighted by molar-refractivity contribution is 5.85. The first-order chi connectivity index (χ1) is 9.54. The van der Waals surface area contributed by atoms with E-state index in [2.05, 4.69) is 23.6 Å². The molecule has 2 unspecified atom stereocenters. The standard InChI is InChI=1S/C16H24N2O2.ClH/c1-11-4-5-15(12(2)8-11)20-10-16(19)18-14-6-7-17-13(3)9-14;/h4-5,8,13-14,17H,6-7,9-10H2,1-3H3,(H,18,19);1H. The van der Waals surface area contributed by atoms with Crippen LogP contribution in [-0.2, 0) is 4.79 Å². The SMILES string of the molecule is Cc1ccc(OCC(=O)NC2CCNC(C)C2)c(C)c1.Cl. The molecule has 1 aromatic rings. The minimum atomic E-state index is -0.0379. The van der Waals surface area contributed by atoms with Crippen LogP contribution < -0.4 is 15.4 Å². The smallest absolute Gasteiger partial charge is 0.258 e. The van der Waals surface area contributed by atoms with Gasteiger partial charge >= 0.3 is 0 Å². The molecule has 0 saturated carbocycles. The van der Waals surface area contributed by atoms with Crippen molar-refractivity contribution in [1.29, 1.82) is 0 Å². The van der Waals surface area contributed by atoms with Crippen molar-refractivity contribution in [2.75, 3.05) is 13.2 Å². The third kappa shape index (κ3) is 5.56. The van der Waals surface area contributed by atoms with E-state index in [0.29, 0.717) is 6.04 Å². The van der Waals surface area contributed by atoms with Gasteiger partial charge in [-0.2, -0.15) is 0 Å². The minimum Gasteiger partial charge on any atom is -0.484 e. The van der Waals surface area contributed by atoms with Gasteiger partial charge in [0.15, 0.2) is 6.61 Å². The summed E-state index contributed by atoms with van der Waals surface area (Å²) in [5.74, 6) is 0.744. The van der Waals surface area contributed by atoms with Crippen molar-refractivity contribution in [3.8, 4) is 5.75 Å². The summed E-state index contributed by atoms with van der Waals surface area (Å²) in [5, 5.41) is 6.42. The van der Waals surface area contributed by atoms with Crippen molar-refractivity contribution >= 4 is 18.3 Å². The van der Waals surface area contributed by atoms with Gasteiger partial charge in [0.25, 0.3) is 5.91 Å². The van der Waals surface area contributed by atoms with Crippen LogP contribution in [0.1, 0.15) is 30.9 Å². The quantitative estimate of drug-likeness (QED) is 0.897. The van der Waals surface area contributed by atoms with E-state index in [1.165, 1.54) is 5.56 Å².